The molecule has 0 aromatic heterocycles. The molecule has 1 aromatic rings. The van der Waals surface area contributed by atoms with Crippen LogP contribution < -0.4 is 10.6 Å². The first-order valence-electron chi connectivity index (χ1n) is 6.50. The normalized spacial score (nSPS) is 16.0. The zero-order valence-electron chi connectivity index (χ0n) is 11.8. The van der Waals surface area contributed by atoms with Crippen LogP contribution in [-0.2, 0) is 9.53 Å². The predicted octanol–water partition coefficient (Wildman–Crippen LogP) is 0.724. The van der Waals surface area contributed by atoms with E-state index in [-0.39, 0.29) is 12.5 Å². The molecule has 1 aliphatic heterocycles. The highest BCUT2D eigenvalue weighted by molar-refractivity contribution is 6.00. The molecular formula is C14H19N3O3. The summed E-state index contributed by atoms with van der Waals surface area (Å²) in [5.41, 5.74) is 7.46. The van der Waals surface area contributed by atoms with Gasteiger partial charge in [-0.25, -0.2) is 4.79 Å². The van der Waals surface area contributed by atoms with E-state index in [2.05, 4.69) is 0 Å². The first kappa shape index (κ1) is 14.2. The maximum Gasteiger partial charge on any atom is 0.340 e. The Morgan fingerprint density at radius 2 is 2.10 bits per heavy atom. The van der Waals surface area contributed by atoms with Crippen molar-refractivity contribution in [3.05, 3.63) is 23.8 Å². The molecule has 1 amide bonds. The van der Waals surface area contributed by atoms with Gasteiger partial charge in [-0.2, -0.15) is 0 Å². The Morgan fingerprint density at radius 3 is 2.80 bits per heavy atom. The number of ether oxygens (including phenoxy) is 1. The first-order valence-corrected chi connectivity index (χ1v) is 6.50. The molecule has 20 heavy (non-hydrogen) atoms. The van der Waals surface area contributed by atoms with Crippen molar-refractivity contribution in [2.24, 2.45) is 0 Å². The molecule has 0 atom stereocenters. The number of nitrogens with two attached hydrogens (primary N) is 1. The third-order valence-electron chi connectivity index (χ3n) is 3.46. The SMILES string of the molecule is COC(=O)c1cccc(N)c1N1CCCN(C)C(=O)C1. The van der Waals surface area contributed by atoms with E-state index in [1.54, 1.807) is 30.1 Å². The highest BCUT2D eigenvalue weighted by Gasteiger charge is 2.24. The van der Waals surface area contributed by atoms with Crippen molar-refractivity contribution in [3.8, 4) is 0 Å². The number of nitrogens with zero attached hydrogens (tertiary/aromatic N) is 2. The van der Waals surface area contributed by atoms with Crippen LogP contribution in [0.25, 0.3) is 0 Å². The van der Waals surface area contributed by atoms with Gasteiger partial charge in [-0.3, -0.25) is 4.79 Å². The summed E-state index contributed by atoms with van der Waals surface area (Å²) in [5, 5.41) is 0. The van der Waals surface area contributed by atoms with Crippen LogP contribution in [0.1, 0.15) is 16.8 Å². The lowest BCUT2D eigenvalue weighted by molar-refractivity contribution is -0.127. The molecule has 108 valence electrons. The molecule has 2 rings (SSSR count). The number of nitrogen functional groups attached to an aromatic ring is 1. The van der Waals surface area contributed by atoms with E-state index in [0.29, 0.717) is 30.0 Å². The molecule has 2 N–H and O–H groups in total. The largest absolute Gasteiger partial charge is 0.465 e. The van der Waals surface area contributed by atoms with Gasteiger partial charge in [0.2, 0.25) is 5.91 Å². The summed E-state index contributed by atoms with van der Waals surface area (Å²) >= 11 is 0. The number of para-hydroxylation sites is 1. The summed E-state index contributed by atoms with van der Waals surface area (Å²) in [6.07, 6.45) is 0.831. The third-order valence-corrected chi connectivity index (χ3v) is 3.46. The van der Waals surface area contributed by atoms with Crippen LogP contribution in [0.15, 0.2) is 18.2 Å². The van der Waals surface area contributed by atoms with Crippen molar-refractivity contribution < 1.29 is 14.3 Å². The lowest BCUT2D eigenvalue weighted by Gasteiger charge is -2.25. The Bertz CT molecular complexity index is 530. The van der Waals surface area contributed by atoms with E-state index in [1.165, 1.54) is 7.11 Å². The fraction of sp³-hybridized carbons (Fsp3) is 0.429. The van der Waals surface area contributed by atoms with E-state index in [9.17, 15) is 9.59 Å². The molecule has 0 unspecified atom stereocenters. The summed E-state index contributed by atoms with van der Waals surface area (Å²) in [6, 6.07) is 5.09. The second-order valence-electron chi connectivity index (χ2n) is 4.83. The van der Waals surface area contributed by atoms with Crippen molar-refractivity contribution in [3.63, 3.8) is 0 Å². The minimum atomic E-state index is -0.447. The summed E-state index contributed by atoms with van der Waals surface area (Å²) in [6.45, 7) is 1.60. The molecule has 6 heteroatoms. The van der Waals surface area contributed by atoms with Crippen molar-refractivity contribution in [1.29, 1.82) is 0 Å². The van der Waals surface area contributed by atoms with Gasteiger partial charge in [0, 0.05) is 20.1 Å². The lowest BCUT2D eigenvalue weighted by atomic mass is 10.1. The van der Waals surface area contributed by atoms with Crippen molar-refractivity contribution in [2.45, 2.75) is 6.42 Å². The van der Waals surface area contributed by atoms with Crippen LogP contribution in [-0.4, -0.2) is 50.6 Å². The van der Waals surface area contributed by atoms with Crippen molar-refractivity contribution >= 4 is 23.3 Å². The molecule has 1 heterocycles. The number of carbonyl (C=O) groups is 2. The lowest BCUT2D eigenvalue weighted by Crippen LogP contribution is -2.35. The Kier molecular flexibility index (Phi) is 4.12. The molecule has 0 bridgehead atoms. The average molecular weight is 277 g/mol. The van der Waals surface area contributed by atoms with Crippen LogP contribution in [0.4, 0.5) is 11.4 Å². The van der Waals surface area contributed by atoms with Crippen molar-refractivity contribution in [2.75, 3.05) is 44.4 Å². The van der Waals surface area contributed by atoms with Crippen LogP contribution in [0, 0.1) is 0 Å². The van der Waals surface area contributed by atoms with Gasteiger partial charge in [-0.1, -0.05) is 6.07 Å². The second-order valence-corrected chi connectivity index (χ2v) is 4.83. The van der Waals surface area contributed by atoms with E-state index in [1.807, 2.05) is 4.90 Å². The number of rotatable bonds is 2. The predicted molar refractivity (Wildman–Crippen MR) is 76.7 cm³/mol. The number of hydrogen-bond acceptors (Lipinski definition) is 5. The standard InChI is InChI=1S/C14H19N3O3/c1-16-7-4-8-17(9-12(16)18)13-10(14(19)20-2)5-3-6-11(13)15/h3,5-6H,4,7-9,15H2,1-2H3. The highest BCUT2D eigenvalue weighted by Crippen LogP contribution is 2.29. The maximum absolute atomic E-state index is 12.0. The number of esters is 1. The minimum Gasteiger partial charge on any atom is -0.465 e. The number of amides is 1. The number of carbonyl (C=O) groups excluding carboxylic acids is 2. The fourth-order valence-corrected chi connectivity index (χ4v) is 2.37. The Balaban J connectivity index is 2.40. The van der Waals surface area contributed by atoms with Crippen molar-refractivity contribution in [1.82, 2.24) is 4.90 Å². The average Bonchev–Trinajstić information content (AvgIpc) is 2.60. The van der Waals surface area contributed by atoms with E-state index >= 15 is 0 Å². The Labute approximate surface area is 118 Å². The van der Waals surface area contributed by atoms with Gasteiger partial charge >= 0.3 is 5.97 Å². The van der Waals surface area contributed by atoms with Crippen LogP contribution in [0.5, 0.6) is 0 Å². The molecule has 0 aliphatic carbocycles. The molecule has 1 aromatic carbocycles. The number of likely N-dealkylation sites (N-methyl/N-ethyl adjacent to an activating group) is 1. The van der Waals surface area contributed by atoms with Crippen LogP contribution in [0.2, 0.25) is 0 Å². The maximum atomic E-state index is 12.0. The summed E-state index contributed by atoms with van der Waals surface area (Å²) in [4.78, 5) is 27.4. The number of anilines is 2. The highest BCUT2D eigenvalue weighted by atomic mass is 16.5. The van der Waals surface area contributed by atoms with Gasteiger partial charge in [0.25, 0.3) is 0 Å². The first-order chi connectivity index (χ1) is 9.54. The van der Waals surface area contributed by atoms with Crippen LogP contribution >= 0.6 is 0 Å². The molecule has 0 spiro atoms. The monoisotopic (exact) mass is 277 g/mol. The molecule has 1 saturated heterocycles. The Morgan fingerprint density at radius 1 is 1.35 bits per heavy atom. The Hall–Kier alpha value is -2.24. The van der Waals surface area contributed by atoms with E-state index < -0.39 is 5.97 Å². The molecule has 0 radical (unpaired) electrons. The van der Waals surface area contributed by atoms with Gasteiger partial charge in [0.05, 0.1) is 30.6 Å². The van der Waals surface area contributed by atoms with E-state index in [4.69, 9.17) is 10.5 Å². The summed E-state index contributed by atoms with van der Waals surface area (Å²) in [5.74, 6) is -0.432. The molecule has 1 fully saturated rings. The number of methoxy groups -OCH3 is 1. The van der Waals surface area contributed by atoms with Crippen LogP contribution in [0.3, 0.4) is 0 Å². The molecule has 0 saturated carbocycles. The summed E-state index contributed by atoms with van der Waals surface area (Å²) in [7, 11) is 3.11. The zero-order valence-corrected chi connectivity index (χ0v) is 11.8. The summed E-state index contributed by atoms with van der Waals surface area (Å²) < 4.78 is 4.79. The quantitative estimate of drug-likeness (QED) is 0.637. The smallest absolute Gasteiger partial charge is 0.340 e. The molecule has 1 aliphatic rings. The minimum absolute atomic E-state index is 0.0153. The molecule has 6 nitrogen and oxygen atoms in total. The second kappa shape index (κ2) is 5.81. The van der Waals surface area contributed by atoms with Gasteiger partial charge < -0.3 is 20.3 Å². The topological polar surface area (TPSA) is 75.9 Å². The molecular weight excluding hydrogens is 258 g/mol. The number of benzene rings is 1. The zero-order chi connectivity index (χ0) is 14.7. The fourth-order valence-electron chi connectivity index (χ4n) is 2.37. The van der Waals surface area contributed by atoms with Gasteiger partial charge in [0.15, 0.2) is 0 Å². The van der Waals surface area contributed by atoms with Gasteiger partial charge in [-0.15, -0.1) is 0 Å². The van der Waals surface area contributed by atoms with E-state index in [0.717, 1.165) is 6.42 Å². The number of hydrogen-bond donors (Lipinski definition) is 1. The van der Waals surface area contributed by atoms with Gasteiger partial charge in [-0.05, 0) is 18.6 Å². The third kappa shape index (κ3) is 2.68. The van der Waals surface area contributed by atoms with Gasteiger partial charge in [0.1, 0.15) is 0 Å².